The number of carboxylic acids is 1. The predicted molar refractivity (Wildman–Crippen MR) is 50.0 cm³/mol. The van der Waals surface area contributed by atoms with E-state index in [1.54, 1.807) is 6.08 Å². The number of carboxylic acid groups (broad SMARTS) is 1. The molecule has 0 unspecified atom stereocenters. The molecule has 0 spiro atoms. The highest BCUT2D eigenvalue weighted by molar-refractivity contribution is 5.80. The fourth-order valence-corrected chi connectivity index (χ4v) is 0.638. The molecule has 0 aromatic carbocycles. The second-order valence-corrected chi connectivity index (χ2v) is 3.89. The van der Waals surface area contributed by atoms with Gasteiger partial charge in [-0.3, -0.25) is 0 Å². The van der Waals surface area contributed by atoms with Gasteiger partial charge in [-0.15, -0.1) is 0 Å². The molecule has 0 aliphatic carbocycles. The summed E-state index contributed by atoms with van der Waals surface area (Å²) in [6, 6.07) is 0. The van der Waals surface area contributed by atoms with Crippen LogP contribution in [-0.2, 0) is 4.79 Å². The first-order valence-electron chi connectivity index (χ1n) is 3.98. The molecule has 0 aliphatic heterocycles. The van der Waals surface area contributed by atoms with Crippen molar-refractivity contribution in [1.29, 1.82) is 0 Å². The van der Waals surface area contributed by atoms with E-state index in [0.717, 1.165) is 12.5 Å². The van der Waals surface area contributed by atoms with Gasteiger partial charge >= 0.3 is 5.97 Å². The summed E-state index contributed by atoms with van der Waals surface area (Å²) in [5.74, 6) is -0.907. The molecule has 0 fully saturated rings. The molecule has 12 heavy (non-hydrogen) atoms. The second kappa shape index (κ2) is 4.75. The summed E-state index contributed by atoms with van der Waals surface area (Å²) in [5, 5.41) is 8.25. The summed E-state index contributed by atoms with van der Waals surface area (Å²) < 4.78 is 0. The molecule has 0 aromatic heterocycles. The fourth-order valence-electron chi connectivity index (χ4n) is 0.638. The molecule has 2 heteroatoms. The van der Waals surface area contributed by atoms with Gasteiger partial charge in [0.05, 0.1) is 0 Å². The smallest absolute Gasteiger partial charge is 0.328 e. The van der Waals surface area contributed by atoms with Crippen LogP contribution in [0.3, 0.4) is 0 Å². The van der Waals surface area contributed by atoms with E-state index in [4.69, 9.17) is 5.11 Å². The molecule has 0 bridgehead atoms. The van der Waals surface area contributed by atoms with Crippen LogP contribution in [0.1, 0.15) is 27.2 Å². The Labute approximate surface area is 73.6 Å². The zero-order valence-corrected chi connectivity index (χ0v) is 7.87. The Balaban J connectivity index is 3.72. The Bertz CT molecular complexity index is 194. The van der Waals surface area contributed by atoms with Gasteiger partial charge in [0.15, 0.2) is 0 Å². The zero-order chi connectivity index (χ0) is 9.61. The van der Waals surface area contributed by atoms with Crippen LogP contribution >= 0.6 is 0 Å². The number of carbonyl (C=O) groups is 1. The van der Waals surface area contributed by atoms with Crippen molar-refractivity contribution in [2.24, 2.45) is 5.41 Å². The van der Waals surface area contributed by atoms with Crippen LogP contribution in [-0.4, -0.2) is 11.1 Å². The van der Waals surface area contributed by atoms with Gasteiger partial charge in [-0.25, -0.2) is 4.79 Å². The molecule has 0 saturated heterocycles. The second-order valence-electron chi connectivity index (χ2n) is 3.89. The lowest BCUT2D eigenvalue weighted by Crippen LogP contribution is -2.01. The molecular formula is C10H16O2. The number of aliphatic carboxylic acids is 1. The molecule has 0 saturated carbocycles. The highest BCUT2D eigenvalue weighted by atomic mass is 16.4. The van der Waals surface area contributed by atoms with Gasteiger partial charge in [0.25, 0.3) is 0 Å². The summed E-state index contributed by atoms with van der Waals surface area (Å²) in [6.45, 7) is 6.41. The van der Waals surface area contributed by atoms with Gasteiger partial charge in [0.2, 0.25) is 0 Å². The third-order valence-electron chi connectivity index (χ3n) is 1.22. The maximum absolute atomic E-state index is 10.0. The predicted octanol–water partition coefficient (Wildman–Crippen LogP) is 2.62. The summed E-state index contributed by atoms with van der Waals surface area (Å²) in [7, 11) is 0. The van der Waals surface area contributed by atoms with Crippen LogP contribution in [0.25, 0.3) is 0 Å². The van der Waals surface area contributed by atoms with Crippen LogP contribution in [0.2, 0.25) is 0 Å². The average Bonchev–Trinajstić information content (AvgIpc) is 1.83. The Morgan fingerprint density at radius 1 is 1.33 bits per heavy atom. The van der Waals surface area contributed by atoms with Crippen molar-refractivity contribution < 1.29 is 9.90 Å². The number of hydrogen-bond donors (Lipinski definition) is 1. The molecule has 0 radical (unpaired) electrons. The Hall–Kier alpha value is -1.05. The van der Waals surface area contributed by atoms with E-state index in [2.05, 4.69) is 20.8 Å². The monoisotopic (exact) mass is 168 g/mol. The van der Waals surface area contributed by atoms with Gasteiger partial charge < -0.3 is 5.11 Å². The van der Waals surface area contributed by atoms with Gasteiger partial charge in [-0.1, -0.05) is 39.0 Å². The summed E-state index contributed by atoms with van der Waals surface area (Å²) >= 11 is 0. The van der Waals surface area contributed by atoms with Crippen LogP contribution in [0, 0.1) is 5.41 Å². The normalized spacial score (nSPS) is 12.9. The lowest BCUT2D eigenvalue weighted by Gasteiger charge is -2.13. The largest absolute Gasteiger partial charge is 0.478 e. The van der Waals surface area contributed by atoms with E-state index < -0.39 is 5.97 Å². The molecule has 0 atom stereocenters. The van der Waals surface area contributed by atoms with Crippen molar-refractivity contribution in [3.05, 3.63) is 24.3 Å². The highest BCUT2D eigenvalue weighted by Gasteiger charge is 2.05. The van der Waals surface area contributed by atoms with E-state index >= 15 is 0 Å². The molecule has 2 nitrogen and oxygen atoms in total. The van der Waals surface area contributed by atoms with Crippen LogP contribution in [0.15, 0.2) is 24.3 Å². The van der Waals surface area contributed by atoms with Crippen molar-refractivity contribution in [1.82, 2.24) is 0 Å². The van der Waals surface area contributed by atoms with Gasteiger partial charge in [0, 0.05) is 6.08 Å². The minimum Gasteiger partial charge on any atom is -0.478 e. The summed E-state index contributed by atoms with van der Waals surface area (Å²) in [4.78, 5) is 10.0. The van der Waals surface area contributed by atoms with E-state index in [1.807, 2.05) is 6.08 Å². The first kappa shape index (κ1) is 11.0. The minimum atomic E-state index is -0.907. The number of rotatable bonds is 3. The van der Waals surface area contributed by atoms with Crippen LogP contribution in [0.4, 0.5) is 0 Å². The third-order valence-corrected chi connectivity index (χ3v) is 1.22. The maximum atomic E-state index is 10.0. The molecule has 0 aromatic rings. The summed E-state index contributed by atoms with van der Waals surface area (Å²) in [5.41, 5.74) is 0.271. The molecule has 1 N–H and O–H groups in total. The van der Waals surface area contributed by atoms with E-state index in [-0.39, 0.29) is 5.41 Å². The molecule has 0 aliphatic rings. The Morgan fingerprint density at radius 2 is 1.92 bits per heavy atom. The Morgan fingerprint density at radius 3 is 2.33 bits per heavy atom. The first-order valence-corrected chi connectivity index (χ1v) is 3.98. The topological polar surface area (TPSA) is 37.3 Å². The van der Waals surface area contributed by atoms with Crippen molar-refractivity contribution in [2.75, 3.05) is 0 Å². The highest BCUT2D eigenvalue weighted by Crippen LogP contribution is 2.18. The molecular weight excluding hydrogens is 152 g/mol. The van der Waals surface area contributed by atoms with Crippen molar-refractivity contribution in [3.63, 3.8) is 0 Å². The standard InChI is InChI=1S/C10H16O2/c1-10(2,3)8-6-4-5-7-9(11)12/h4-7H,8H2,1-3H3,(H,11,12)/b6-4+,7-5+. The van der Waals surface area contributed by atoms with Crippen molar-refractivity contribution >= 4 is 5.97 Å². The van der Waals surface area contributed by atoms with Crippen molar-refractivity contribution in [3.8, 4) is 0 Å². The number of hydrogen-bond acceptors (Lipinski definition) is 1. The van der Waals surface area contributed by atoms with Crippen molar-refractivity contribution in [2.45, 2.75) is 27.2 Å². The molecule has 0 heterocycles. The van der Waals surface area contributed by atoms with Crippen LogP contribution < -0.4 is 0 Å². The van der Waals surface area contributed by atoms with E-state index in [1.165, 1.54) is 6.08 Å². The van der Waals surface area contributed by atoms with Gasteiger partial charge in [-0.05, 0) is 11.8 Å². The molecule has 0 rings (SSSR count). The Kier molecular flexibility index (Phi) is 4.34. The van der Waals surface area contributed by atoms with E-state index in [0.29, 0.717) is 0 Å². The van der Waals surface area contributed by atoms with Gasteiger partial charge in [-0.2, -0.15) is 0 Å². The van der Waals surface area contributed by atoms with E-state index in [9.17, 15) is 4.79 Å². The third kappa shape index (κ3) is 8.95. The zero-order valence-electron chi connectivity index (χ0n) is 7.87. The quantitative estimate of drug-likeness (QED) is 0.519. The lowest BCUT2D eigenvalue weighted by molar-refractivity contribution is -0.131. The average molecular weight is 168 g/mol. The molecule has 0 amide bonds. The fraction of sp³-hybridized carbons (Fsp3) is 0.500. The van der Waals surface area contributed by atoms with Crippen LogP contribution in [0.5, 0.6) is 0 Å². The number of allylic oxidation sites excluding steroid dienone is 3. The minimum absolute atomic E-state index is 0.271. The van der Waals surface area contributed by atoms with Gasteiger partial charge in [0.1, 0.15) is 0 Å². The first-order chi connectivity index (χ1) is 5.42. The lowest BCUT2D eigenvalue weighted by atomic mass is 9.92. The molecule has 68 valence electrons. The summed E-state index contributed by atoms with van der Waals surface area (Å²) in [6.07, 6.45) is 7.35. The SMILES string of the molecule is CC(C)(C)C/C=C/C=C/C(=O)O. The maximum Gasteiger partial charge on any atom is 0.328 e.